The van der Waals surface area contributed by atoms with E-state index in [1.807, 2.05) is 0 Å². The summed E-state index contributed by atoms with van der Waals surface area (Å²) in [5.41, 5.74) is 0.460. The van der Waals surface area contributed by atoms with E-state index in [2.05, 4.69) is 59.0 Å². The van der Waals surface area contributed by atoms with Crippen LogP contribution in [0.5, 0.6) is 0 Å². The maximum atomic E-state index is 12.1. The third-order valence-corrected chi connectivity index (χ3v) is 6.21. The highest BCUT2D eigenvalue weighted by Crippen LogP contribution is 2.27. The van der Waals surface area contributed by atoms with Gasteiger partial charge in [-0.3, -0.25) is 4.79 Å². The topological polar surface area (TPSA) is 150 Å². The second-order valence-corrected chi connectivity index (χ2v) is 9.29. The van der Waals surface area contributed by atoms with Crippen molar-refractivity contribution < 1.29 is 30.0 Å². The minimum absolute atomic E-state index is 0.0661. The molecule has 0 spiro atoms. The highest BCUT2D eigenvalue weighted by molar-refractivity contribution is 5.75. The molecule has 1 aromatic rings. The van der Waals surface area contributed by atoms with E-state index in [1.165, 1.54) is 10.9 Å². The molecule has 2 rings (SSSR count). The number of allylic oxidation sites excluding steroid dienone is 6. The number of rotatable bonds is 17. The zero-order valence-corrected chi connectivity index (χ0v) is 21.9. The van der Waals surface area contributed by atoms with Gasteiger partial charge < -0.3 is 30.5 Å². The second-order valence-electron chi connectivity index (χ2n) is 9.29. The quantitative estimate of drug-likeness (QED) is 0.155. The molecular weight excluding hydrogens is 476 g/mol. The molecule has 1 saturated heterocycles. The molecule has 0 bridgehead atoms. The van der Waals surface area contributed by atoms with Gasteiger partial charge in [0, 0.05) is 6.42 Å². The molecule has 0 aliphatic carbocycles. The van der Waals surface area contributed by atoms with Crippen LogP contribution in [-0.4, -0.2) is 72.3 Å². The van der Waals surface area contributed by atoms with Crippen molar-refractivity contribution in [3.63, 3.8) is 0 Å². The van der Waals surface area contributed by atoms with Crippen LogP contribution in [-0.2, 0) is 16.1 Å². The van der Waals surface area contributed by atoms with Crippen LogP contribution in [0, 0.1) is 0 Å². The van der Waals surface area contributed by atoms with Crippen molar-refractivity contribution in [2.75, 3.05) is 6.61 Å². The Morgan fingerprint density at radius 3 is 2.38 bits per heavy atom. The maximum absolute atomic E-state index is 12.1. The lowest BCUT2D eigenvalue weighted by molar-refractivity contribution is -0.254. The number of hydrogen-bond donors (Lipinski definition) is 5. The molecule has 10 heteroatoms. The van der Waals surface area contributed by atoms with E-state index in [9.17, 15) is 25.2 Å². The molecule has 1 fully saturated rings. The summed E-state index contributed by atoms with van der Waals surface area (Å²) in [5.74, 6) is -0.0661. The minimum atomic E-state index is -1.50. The fourth-order valence-corrected chi connectivity index (χ4v) is 4.00. The number of ether oxygens (including phenoxy) is 1. The summed E-state index contributed by atoms with van der Waals surface area (Å²) in [7, 11) is 0. The minimum Gasteiger partial charge on any atom is -0.394 e. The van der Waals surface area contributed by atoms with Gasteiger partial charge in [-0.05, 0) is 38.5 Å². The molecule has 1 aromatic heterocycles. The number of hydrogen-bond acceptors (Lipinski definition) is 8. The van der Waals surface area contributed by atoms with Crippen molar-refractivity contribution in [3.8, 4) is 0 Å². The largest absolute Gasteiger partial charge is 0.394 e. The number of aliphatic hydroxyl groups excluding tert-OH is 4. The third kappa shape index (κ3) is 11.3. The van der Waals surface area contributed by atoms with Gasteiger partial charge in [0.25, 0.3) is 0 Å². The lowest BCUT2D eigenvalue weighted by Crippen LogP contribution is -2.56. The molecule has 0 unspecified atom stereocenters. The number of carbonyl (C=O) groups excluding carboxylic acids is 1. The van der Waals surface area contributed by atoms with Gasteiger partial charge in [0.2, 0.25) is 5.91 Å². The van der Waals surface area contributed by atoms with Gasteiger partial charge in [0.05, 0.1) is 19.3 Å². The van der Waals surface area contributed by atoms with E-state index in [1.54, 1.807) is 0 Å². The Morgan fingerprint density at radius 1 is 0.973 bits per heavy atom. The van der Waals surface area contributed by atoms with Crippen LogP contribution in [0.25, 0.3) is 0 Å². The van der Waals surface area contributed by atoms with Crippen LogP contribution < -0.4 is 5.32 Å². The van der Waals surface area contributed by atoms with Crippen molar-refractivity contribution in [2.24, 2.45) is 0 Å². The van der Waals surface area contributed by atoms with Crippen LogP contribution in [0.1, 0.15) is 83.1 Å². The van der Waals surface area contributed by atoms with Gasteiger partial charge in [-0.15, -0.1) is 5.10 Å². The highest BCUT2D eigenvalue weighted by atomic mass is 16.6. The Bertz CT molecular complexity index is 854. The van der Waals surface area contributed by atoms with Gasteiger partial charge in [0.15, 0.2) is 6.23 Å². The maximum Gasteiger partial charge on any atom is 0.220 e. The fourth-order valence-electron chi connectivity index (χ4n) is 4.00. The number of unbranched alkanes of at least 4 members (excludes halogenated alkanes) is 5. The first-order valence-electron chi connectivity index (χ1n) is 13.4. The number of nitrogens with zero attached hydrogens (tertiary/aromatic N) is 3. The van der Waals surface area contributed by atoms with Crippen LogP contribution in [0.4, 0.5) is 0 Å². The summed E-state index contributed by atoms with van der Waals surface area (Å²) >= 11 is 0. The van der Waals surface area contributed by atoms with Gasteiger partial charge >= 0.3 is 0 Å². The van der Waals surface area contributed by atoms with E-state index in [4.69, 9.17) is 4.74 Å². The Morgan fingerprint density at radius 2 is 1.65 bits per heavy atom. The van der Waals surface area contributed by atoms with Crippen molar-refractivity contribution in [1.82, 2.24) is 20.3 Å². The van der Waals surface area contributed by atoms with E-state index in [0.717, 1.165) is 57.8 Å². The predicted molar refractivity (Wildman–Crippen MR) is 140 cm³/mol. The summed E-state index contributed by atoms with van der Waals surface area (Å²) < 4.78 is 6.66. The summed E-state index contributed by atoms with van der Waals surface area (Å²) in [6.45, 7) is 1.79. The van der Waals surface area contributed by atoms with Crippen LogP contribution >= 0.6 is 0 Å². The number of aromatic nitrogens is 3. The molecule has 10 nitrogen and oxygen atoms in total. The molecule has 1 aliphatic heterocycles. The van der Waals surface area contributed by atoms with Gasteiger partial charge in [-0.25, -0.2) is 4.68 Å². The zero-order chi connectivity index (χ0) is 26.9. The molecule has 5 atom stereocenters. The van der Waals surface area contributed by atoms with E-state index < -0.39 is 37.3 Å². The van der Waals surface area contributed by atoms with Crippen LogP contribution in [0.2, 0.25) is 0 Å². The second kappa shape index (κ2) is 18.0. The van der Waals surface area contributed by atoms with Crippen LogP contribution in [0.15, 0.2) is 42.7 Å². The van der Waals surface area contributed by atoms with Crippen molar-refractivity contribution in [2.45, 2.75) is 108 Å². The molecule has 37 heavy (non-hydrogen) atoms. The first-order chi connectivity index (χ1) is 18.0. The molecule has 2 heterocycles. The standard InChI is InChI=1S/C27H44N4O6/c1-2-3-4-5-6-7-8-9-10-11-12-13-14-15-16-17-23(33)28-18-21-19-31(30-29-21)27-26(36)25(35)24(34)22(20-32)37-27/h3-4,6-7,9-10,19,22,24-27,32,34-36H,2,5,8,11-18,20H2,1H3,(H,28,33)/b4-3+,7-6+,10-9+/t22-,24-,25+,26-,27-/m1/s1. The molecular formula is C27H44N4O6. The first kappa shape index (κ1) is 30.9. The number of carbonyl (C=O) groups is 1. The van der Waals surface area contributed by atoms with E-state index >= 15 is 0 Å². The normalized spacial score (nSPS) is 24.5. The zero-order valence-electron chi connectivity index (χ0n) is 21.9. The molecule has 208 valence electrons. The van der Waals surface area contributed by atoms with E-state index in [0.29, 0.717) is 12.1 Å². The number of aliphatic hydroxyl groups is 4. The average molecular weight is 521 g/mol. The first-order valence-corrected chi connectivity index (χ1v) is 13.4. The Labute approximate surface area is 219 Å². The Hall–Kier alpha value is -2.37. The molecule has 0 radical (unpaired) electrons. The molecule has 5 N–H and O–H groups in total. The van der Waals surface area contributed by atoms with Gasteiger partial charge in [0.1, 0.15) is 30.1 Å². The van der Waals surface area contributed by atoms with Gasteiger partial charge in [-0.1, -0.05) is 67.9 Å². The fraction of sp³-hybridized carbons (Fsp3) is 0.667. The van der Waals surface area contributed by atoms with E-state index in [-0.39, 0.29) is 12.5 Å². The monoisotopic (exact) mass is 520 g/mol. The summed E-state index contributed by atoms with van der Waals surface area (Å²) in [4.78, 5) is 12.1. The van der Waals surface area contributed by atoms with Crippen molar-refractivity contribution in [1.29, 1.82) is 0 Å². The lowest BCUT2D eigenvalue weighted by Gasteiger charge is -2.39. The summed E-state index contributed by atoms with van der Waals surface area (Å²) in [6, 6.07) is 0. The predicted octanol–water partition coefficient (Wildman–Crippen LogP) is 2.46. The van der Waals surface area contributed by atoms with Crippen LogP contribution in [0.3, 0.4) is 0 Å². The Balaban J connectivity index is 1.53. The highest BCUT2D eigenvalue weighted by Gasteiger charge is 2.44. The number of amides is 1. The smallest absolute Gasteiger partial charge is 0.220 e. The SMILES string of the molecule is CC/C=C/C/C=C/C/C=C/CCCCCCCC(=O)NCc1cn([C@@H]2O[C@H](CO)[C@@H](O)[C@H](O)[C@H]2O)nn1. The number of nitrogens with one attached hydrogen (secondary N) is 1. The van der Waals surface area contributed by atoms with Gasteiger partial charge in [-0.2, -0.15) is 0 Å². The van der Waals surface area contributed by atoms with Crippen molar-refractivity contribution in [3.05, 3.63) is 48.3 Å². The average Bonchev–Trinajstić information content (AvgIpc) is 3.37. The molecule has 1 aliphatic rings. The third-order valence-electron chi connectivity index (χ3n) is 6.21. The molecule has 0 saturated carbocycles. The molecule has 0 aromatic carbocycles. The van der Waals surface area contributed by atoms with Crippen molar-refractivity contribution >= 4 is 5.91 Å². The summed E-state index contributed by atoms with van der Waals surface area (Å²) in [5, 5.41) is 50.0. The lowest BCUT2D eigenvalue weighted by atomic mass is 9.98. The summed E-state index contributed by atoms with van der Waals surface area (Å²) in [6.07, 6.45) is 18.1. The molecule has 1 amide bonds. The Kier molecular flexibility index (Phi) is 15.0.